The lowest BCUT2D eigenvalue weighted by Gasteiger charge is -2.33. The zero-order valence-electron chi connectivity index (χ0n) is 19.8. The molecule has 5 rings (SSSR count). The summed E-state index contributed by atoms with van der Waals surface area (Å²) >= 11 is 0. The molecule has 172 valence electrons. The molecular weight excluding hydrogens is 396 g/mol. The van der Waals surface area contributed by atoms with Gasteiger partial charge in [-0.05, 0) is 105 Å². The largest absolute Gasteiger partial charge is 0.504 e. The second-order valence-electron chi connectivity index (χ2n) is 10.4. The van der Waals surface area contributed by atoms with E-state index < -0.39 is 0 Å². The molecule has 1 atom stereocenters. The third-order valence-corrected chi connectivity index (χ3v) is 8.30. The fourth-order valence-corrected chi connectivity index (χ4v) is 6.65. The smallest absolute Gasteiger partial charge is 0.162 e. The van der Waals surface area contributed by atoms with Crippen molar-refractivity contribution in [3.05, 3.63) is 57.6 Å². The van der Waals surface area contributed by atoms with Gasteiger partial charge in [0.2, 0.25) is 0 Å². The van der Waals surface area contributed by atoms with E-state index in [-0.39, 0.29) is 16.9 Å². The fourth-order valence-electron chi connectivity index (χ4n) is 6.65. The van der Waals surface area contributed by atoms with Crippen molar-refractivity contribution in [2.24, 2.45) is 0 Å². The molecular formula is C28H38N2O2. The van der Waals surface area contributed by atoms with Gasteiger partial charge in [-0.3, -0.25) is 9.80 Å². The standard InChI is InChI=1S/C28H38N2O2/c1-3-22-23(19-30-15-6-7-16-30)27(32)25(31)17-24(22)28(2)12-11-20-9-8-10-21(26(20)28)18-29-13-4-5-14-29/h8-10,17,31-32H,3-7,11-16,18-19H2,1-2H3. The van der Waals surface area contributed by atoms with Crippen LogP contribution in [0.3, 0.4) is 0 Å². The zero-order valence-corrected chi connectivity index (χ0v) is 19.8. The minimum absolute atomic E-state index is 0.0399. The Morgan fingerprint density at radius 1 is 0.906 bits per heavy atom. The van der Waals surface area contributed by atoms with Crippen LogP contribution in [0.1, 0.15) is 79.3 Å². The van der Waals surface area contributed by atoms with Crippen LogP contribution in [0.5, 0.6) is 11.5 Å². The van der Waals surface area contributed by atoms with Crippen molar-refractivity contribution in [3.63, 3.8) is 0 Å². The van der Waals surface area contributed by atoms with E-state index in [1.165, 1.54) is 66.6 Å². The van der Waals surface area contributed by atoms with Gasteiger partial charge in [0.25, 0.3) is 0 Å². The van der Waals surface area contributed by atoms with Crippen LogP contribution in [0, 0.1) is 0 Å². The second-order valence-corrected chi connectivity index (χ2v) is 10.4. The lowest BCUT2D eigenvalue weighted by atomic mass is 9.72. The van der Waals surface area contributed by atoms with E-state index >= 15 is 0 Å². The number of fused-ring (bicyclic) bond motifs is 1. The van der Waals surface area contributed by atoms with Gasteiger partial charge in [-0.2, -0.15) is 0 Å². The van der Waals surface area contributed by atoms with E-state index in [1.54, 1.807) is 0 Å². The predicted molar refractivity (Wildman–Crippen MR) is 129 cm³/mol. The van der Waals surface area contributed by atoms with Crippen LogP contribution in [-0.2, 0) is 31.3 Å². The quantitative estimate of drug-likeness (QED) is 0.621. The molecule has 4 heteroatoms. The highest BCUT2D eigenvalue weighted by atomic mass is 16.3. The Morgan fingerprint density at radius 2 is 1.56 bits per heavy atom. The average Bonchev–Trinajstić information content (AvgIpc) is 3.55. The maximum absolute atomic E-state index is 10.9. The SMILES string of the molecule is CCc1c(C2(C)CCc3cccc(CN4CCCC4)c32)cc(O)c(O)c1CN1CCCC1. The van der Waals surface area contributed by atoms with Crippen LogP contribution in [-0.4, -0.2) is 46.2 Å². The van der Waals surface area contributed by atoms with Gasteiger partial charge in [-0.1, -0.05) is 32.0 Å². The average molecular weight is 435 g/mol. The lowest BCUT2D eigenvalue weighted by Crippen LogP contribution is -2.27. The first-order valence-corrected chi connectivity index (χ1v) is 12.6. The number of aromatic hydroxyl groups is 2. The summed E-state index contributed by atoms with van der Waals surface area (Å²) in [4.78, 5) is 5.00. The predicted octanol–water partition coefficient (Wildman–Crippen LogP) is 5.10. The molecule has 1 unspecified atom stereocenters. The summed E-state index contributed by atoms with van der Waals surface area (Å²) in [5.74, 6) is 0.128. The highest BCUT2D eigenvalue weighted by Gasteiger charge is 2.40. The molecule has 0 amide bonds. The lowest BCUT2D eigenvalue weighted by molar-refractivity contribution is 0.317. The van der Waals surface area contributed by atoms with Gasteiger partial charge in [0, 0.05) is 24.1 Å². The van der Waals surface area contributed by atoms with Crippen LogP contribution in [0.2, 0.25) is 0 Å². The van der Waals surface area contributed by atoms with E-state index in [0.29, 0.717) is 0 Å². The molecule has 2 aliphatic heterocycles. The van der Waals surface area contributed by atoms with Crippen molar-refractivity contribution >= 4 is 0 Å². The number of hydrogen-bond acceptors (Lipinski definition) is 4. The molecule has 32 heavy (non-hydrogen) atoms. The molecule has 4 nitrogen and oxygen atoms in total. The van der Waals surface area contributed by atoms with Crippen LogP contribution in [0.15, 0.2) is 24.3 Å². The van der Waals surface area contributed by atoms with Gasteiger partial charge in [0.05, 0.1) is 0 Å². The van der Waals surface area contributed by atoms with Gasteiger partial charge in [-0.25, -0.2) is 0 Å². The minimum atomic E-state index is -0.137. The fraction of sp³-hybridized carbons (Fsp3) is 0.571. The van der Waals surface area contributed by atoms with Crippen LogP contribution in [0.25, 0.3) is 0 Å². The Bertz CT molecular complexity index is 989. The van der Waals surface area contributed by atoms with Crippen molar-refractivity contribution in [3.8, 4) is 11.5 Å². The van der Waals surface area contributed by atoms with Gasteiger partial charge in [0.1, 0.15) is 0 Å². The molecule has 2 aromatic rings. The Hall–Kier alpha value is -2.04. The minimum Gasteiger partial charge on any atom is -0.504 e. The summed E-state index contributed by atoms with van der Waals surface area (Å²) in [6.07, 6.45) is 8.05. The number of nitrogens with zero attached hydrogens (tertiary/aromatic N) is 2. The number of hydrogen-bond donors (Lipinski definition) is 2. The number of rotatable bonds is 6. The Balaban J connectivity index is 1.60. The normalized spacial score (nSPS) is 23.8. The number of phenols is 2. The highest BCUT2D eigenvalue weighted by molar-refractivity contribution is 5.60. The van der Waals surface area contributed by atoms with Crippen molar-refractivity contribution < 1.29 is 10.2 Å². The first-order valence-electron chi connectivity index (χ1n) is 12.6. The molecule has 0 aromatic heterocycles. The van der Waals surface area contributed by atoms with Crippen molar-refractivity contribution in [1.29, 1.82) is 0 Å². The molecule has 1 aliphatic carbocycles. The number of benzene rings is 2. The van der Waals surface area contributed by atoms with Crippen molar-refractivity contribution in [2.45, 2.75) is 77.3 Å². The van der Waals surface area contributed by atoms with Crippen LogP contribution >= 0.6 is 0 Å². The Labute approximate surface area is 192 Å². The first-order chi connectivity index (χ1) is 15.5. The van der Waals surface area contributed by atoms with Crippen LogP contribution < -0.4 is 0 Å². The van der Waals surface area contributed by atoms with Crippen molar-refractivity contribution in [1.82, 2.24) is 9.80 Å². The van der Waals surface area contributed by atoms with Gasteiger partial charge in [-0.15, -0.1) is 0 Å². The monoisotopic (exact) mass is 434 g/mol. The summed E-state index contributed by atoms with van der Waals surface area (Å²) in [5, 5.41) is 21.7. The highest BCUT2D eigenvalue weighted by Crippen LogP contribution is 2.50. The molecule has 2 fully saturated rings. The van der Waals surface area contributed by atoms with Crippen molar-refractivity contribution in [2.75, 3.05) is 26.2 Å². The van der Waals surface area contributed by atoms with Gasteiger partial charge >= 0.3 is 0 Å². The summed E-state index contributed by atoms with van der Waals surface area (Å²) in [7, 11) is 0. The van der Waals surface area contributed by atoms with E-state index in [0.717, 1.165) is 51.0 Å². The molecule has 2 aromatic carbocycles. The van der Waals surface area contributed by atoms with Gasteiger partial charge < -0.3 is 10.2 Å². The summed E-state index contributed by atoms with van der Waals surface area (Å²) < 4.78 is 0. The topological polar surface area (TPSA) is 46.9 Å². The molecule has 3 aliphatic rings. The third kappa shape index (κ3) is 3.72. The first kappa shape index (κ1) is 21.8. The molecule has 2 heterocycles. The number of aryl methyl sites for hydroxylation is 1. The number of phenolic OH excluding ortho intramolecular Hbond substituents is 2. The van der Waals surface area contributed by atoms with Crippen LogP contribution in [0.4, 0.5) is 0 Å². The molecule has 2 N–H and O–H groups in total. The number of likely N-dealkylation sites (tertiary alicyclic amines) is 2. The molecule has 0 saturated carbocycles. The van der Waals surface area contributed by atoms with E-state index in [1.807, 2.05) is 6.07 Å². The Kier molecular flexibility index (Phi) is 5.94. The van der Waals surface area contributed by atoms with E-state index in [2.05, 4.69) is 41.8 Å². The van der Waals surface area contributed by atoms with E-state index in [9.17, 15) is 10.2 Å². The third-order valence-electron chi connectivity index (χ3n) is 8.30. The Morgan fingerprint density at radius 3 is 2.22 bits per heavy atom. The molecule has 0 spiro atoms. The molecule has 0 radical (unpaired) electrons. The zero-order chi connectivity index (χ0) is 22.3. The van der Waals surface area contributed by atoms with E-state index in [4.69, 9.17) is 0 Å². The summed E-state index contributed by atoms with van der Waals surface area (Å²) in [6.45, 7) is 10.9. The summed E-state index contributed by atoms with van der Waals surface area (Å²) in [5.41, 5.74) is 7.63. The maximum atomic E-state index is 10.9. The molecule has 0 bridgehead atoms. The molecule has 2 saturated heterocycles. The second kappa shape index (κ2) is 8.72. The maximum Gasteiger partial charge on any atom is 0.162 e. The van der Waals surface area contributed by atoms with Gasteiger partial charge in [0.15, 0.2) is 11.5 Å². The summed E-state index contributed by atoms with van der Waals surface area (Å²) in [6, 6.07) is 8.72.